The molecular weight excluding hydrogens is 426 g/mol. The van der Waals surface area contributed by atoms with E-state index in [1.54, 1.807) is 48.9 Å². The molecule has 1 aromatic carbocycles. The molecule has 0 saturated carbocycles. The van der Waals surface area contributed by atoms with E-state index in [1.807, 2.05) is 18.2 Å². The number of benzene rings is 1. The molecule has 1 saturated heterocycles. The van der Waals surface area contributed by atoms with Gasteiger partial charge in [-0.15, -0.1) is 0 Å². The van der Waals surface area contributed by atoms with Crippen LogP contribution in [-0.4, -0.2) is 45.1 Å². The topological polar surface area (TPSA) is 98.0 Å². The molecule has 0 radical (unpaired) electrons. The molecule has 8 nitrogen and oxygen atoms in total. The SMILES string of the molecule is O=c1ccc(-c2cccnc2)nn1CC1CCCN1S(=O)(=O)c1cccc2cccnc12. The monoisotopic (exact) mass is 447 g/mol. The summed E-state index contributed by atoms with van der Waals surface area (Å²) in [5, 5.41) is 5.25. The normalized spacial score (nSPS) is 17.1. The molecule has 3 aromatic heterocycles. The average molecular weight is 448 g/mol. The number of rotatable bonds is 5. The molecule has 4 heterocycles. The van der Waals surface area contributed by atoms with Crippen molar-refractivity contribution in [2.24, 2.45) is 0 Å². The lowest BCUT2D eigenvalue weighted by Gasteiger charge is -2.24. The molecule has 0 spiro atoms. The first-order valence-electron chi connectivity index (χ1n) is 10.4. The average Bonchev–Trinajstić information content (AvgIpc) is 3.30. The zero-order valence-corrected chi connectivity index (χ0v) is 18.0. The first-order chi connectivity index (χ1) is 15.5. The van der Waals surface area contributed by atoms with Crippen LogP contribution in [0.5, 0.6) is 0 Å². The predicted molar refractivity (Wildman–Crippen MR) is 120 cm³/mol. The number of fused-ring (bicyclic) bond motifs is 1. The van der Waals surface area contributed by atoms with Gasteiger partial charge in [-0.25, -0.2) is 13.1 Å². The number of aromatic nitrogens is 4. The standard InChI is InChI=1S/C23H21N5O3S/c29-22-11-10-20(18-7-2-12-24-15-18)26-27(22)16-19-8-4-14-28(19)32(30,31)21-9-1-5-17-6-3-13-25-23(17)21/h1-3,5-7,9-13,15,19H,4,8,14,16H2. The van der Waals surface area contributed by atoms with Crippen LogP contribution in [0.3, 0.4) is 0 Å². The van der Waals surface area contributed by atoms with Crippen LogP contribution in [-0.2, 0) is 16.6 Å². The molecule has 0 bridgehead atoms. The molecule has 1 aliphatic heterocycles. The summed E-state index contributed by atoms with van der Waals surface area (Å²) in [5.41, 5.74) is 1.59. The highest BCUT2D eigenvalue weighted by Crippen LogP contribution is 2.30. The summed E-state index contributed by atoms with van der Waals surface area (Å²) in [6, 6.07) is 15.2. The Hall–Kier alpha value is -3.43. The lowest BCUT2D eigenvalue weighted by molar-refractivity contribution is 0.336. The largest absolute Gasteiger partial charge is 0.268 e. The van der Waals surface area contributed by atoms with Crippen molar-refractivity contribution in [2.45, 2.75) is 30.3 Å². The van der Waals surface area contributed by atoms with E-state index in [0.717, 1.165) is 17.4 Å². The van der Waals surface area contributed by atoms with Gasteiger partial charge in [0.25, 0.3) is 5.56 Å². The molecule has 9 heteroatoms. The lowest BCUT2D eigenvalue weighted by atomic mass is 10.2. The Bertz CT molecular complexity index is 1430. The molecule has 1 aliphatic rings. The van der Waals surface area contributed by atoms with Gasteiger partial charge >= 0.3 is 0 Å². The fraction of sp³-hybridized carbons (Fsp3) is 0.217. The summed E-state index contributed by atoms with van der Waals surface area (Å²) in [6.07, 6.45) is 6.32. The minimum absolute atomic E-state index is 0.185. The molecule has 0 amide bonds. The van der Waals surface area contributed by atoms with E-state index in [4.69, 9.17) is 0 Å². The van der Waals surface area contributed by atoms with Gasteiger partial charge in [0.1, 0.15) is 4.90 Å². The van der Waals surface area contributed by atoms with Crippen molar-refractivity contribution in [3.05, 3.63) is 83.5 Å². The van der Waals surface area contributed by atoms with Crippen LogP contribution in [0.4, 0.5) is 0 Å². The zero-order valence-electron chi connectivity index (χ0n) is 17.2. The summed E-state index contributed by atoms with van der Waals surface area (Å²) >= 11 is 0. The number of hydrogen-bond acceptors (Lipinski definition) is 6. The Morgan fingerprint density at radius 1 is 1.00 bits per heavy atom. The van der Waals surface area contributed by atoms with E-state index < -0.39 is 10.0 Å². The van der Waals surface area contributed by atoms with Crippen molar-refractivity contribution >= 4 is 20.9 Å². The third kappa shape index (κ3) is 3.69. The van der Waals surface area contributed by atoms with Crippen LogP contribution in [0.2, 0.25) is 0 Å². The Kier molecular flexibility index (Phi) is 5.28. The molecular formula is C23H21N5O3S. The Morgan fingerprint density at radius 2 is 1.84 bits per heavy atom. The molecule has 1 fully saturated rings. The fourth-order valence-electron chi connectivity index (χ4n) is 4.17. The zero-order chi connectivity index (χ0) is 22.1. The van der Waals surface area contributed by atoms with Gasteiger partial charge in [-0.1, -0.05) is 18.2 Å². The number of nitrogens with zero attached hydrogens (tertiary/aromatic N) is 5. The van der Waals surface area contributed by atoms with E-state index in [1.165, 1.54) is 15.1 Å². The van der Waals surface area contributed by atoms with E-state index >= 15 is 0 Å². The first-order valence-corrected chi connectivity index (χ1v) is 11.8. The second-order valence-corrected chi connectivity index (χ2v) is 9.58. The van der Waals surface area contributed by atoms with Gasteiger partial charge in [-0.05, 0) is 43.2 Å². The van der Waals surface area contributed by atoms with Crippen LogP contribution in [0.1, 0.15) is 12.8 Å². The van der Waals surface area contributed by atoms with Crippen LogP contribution < -0.4 is 5.56 Å². The highest BCUT2D eigenvalue weighted by molar-refractivity contribution is 7.89. The van der Waals surface area contributed by atoms with Crippen molar-refractivity contribution in [3.8, 4) is 11.3 Å². The molecule has 1 atom stereocenters. The predicted octanol–water partition coefficient (Wildman–Crippen LogP) is 2.71. The minimum atomic E-state index is -3.79. The van der Waals surface area contributed by atoms with Crippen molar-refractivity contribution < 1.29 is 8.42 Å². The number of pyridine rings is 2. The van der Waals surface area contributed by atoms with Gasteiger partial charge in [0, 0.05) is 48.2 Å². The molecule has 0 aliphatic carbocycles. The maximum absolute atomic E-state index is 13.6. The molecule has 162 valence electrons. The van der Waals surface area contributed by atoms with Crippen LogP contribution in [0.15, 0.2) is 82.9 Å². The molecule has 0 N–H and O–H groups in total. The summed E-state index contributed by atoms with van der Waals surface area (Å²) in [4.78, 5) is 21.1. The summed E-state index contributed by atoms with van der Waals surface area (Å²) in [6.45, 7) is 0.581. The highest BCUT2D eigenvalue weighted by Gasteiger charge is 2.36. The maximum Gasteiger partial charge on any atom is 0.266 e. The maximum atomic E-state index is 13.6. The summed E-state index contributed by atoms with van der Waals surface area (Å²) < 4.78 is 30.0. The smallest absolute Gasteiger partial charge is 0.266 e. The van der Waals surface area contributed by atoms with Gasteiger partial charge in [-0.2, -0.15) is 9.40 Å². The molecule has 4 aromatic rings. The van der Waals surface area contributed by atoms with Gasteiger partial charge in [0.2, 0.25) is 10.0 Å². The van der Waals surface area contributed by atoms with Crippen LogP contribution in [0, 0.1) is 0 Å². The second kappa shape index (κ2) is 8.25. The second-order valence-electron chi connectivity index (χ2n) is 7.72. The number of para-hydroxylation sites is 1. The number of sulfonamides is 1. The Balaban J connectivity index is 1.49. The quantitative estimate of drug-likeness (QED) is 0.467. The Labute approximate surface area is 185 Å². The third-order valence-electron chi connectivity index (χ3n) is 5.71. The third-order valence-corrected chi connectivity index (χ3v) is 7.70. The molecule has 5 rings (SSSR count). The van der Waals surface area contributed by atoms with Crippen molar-refractivity contribution in [1.29, 1.82) is 0 Å². The van der Waals surface area contributed by atoms with Crippen LogP contribution in [0.25, 0.3) is 22.2 Å². The van der Waals surface area contributed by atoms with E-state index in [0.29, 0.717) is 24.2 Å². The highest BCUT2D eigenvalue weighted by atomic mass is 32.2. The van der Waals surface area contributed by atoms with E-state index in [-0.39, 0.29) is 23.0 Å². The molecule has 32 heavy (non-hydrogen) atoms. The van der Waals surface area contributed by atoms with E-state index in [9.17, 15) is 13.2 Å². The summed E-state index contributed by atoms with van der Waals surface area (Å²) in [5.74, 6) is 0. The van der Waals surface area contributed by atoms with Gasteiger partial charge in [0.15, 0.2) is 0 Å². The Morgan fingerprint density at radius 3 is 2.69 bits per heavy atom. The van der Waals surface area contributed by atoms with E-state index in [2.05, 4.69) is 15.1 Å². The van der Waals surface area contributed by atoms with Crippen molar-refractivity contribution in [3.63, 3.8) is 0 Å². The van der Waals surface area contributed by atoms with Gasteiger partial charge in [-0.3, -0.25) is 14.8 Å². The minimum Gasteiger partial charge on any atom is -0.268 e. The van der Waals surface area contributed by atoms with Crippen molar-refractivity contribution in [2.75, 3.05) is 6.54 Å². The lowest BCUT2D eigenvalue weighted by Crippen LogP contribution is -2.40. The van der Waals surface area contributed by atoms with Gasteiger partial charge in [0.05, 0.1) is 17.8 Å². The fourth-order valence-corrected chi connectivity index (χ4v) is 6.02. The molecule has 1 unspecified atom stereocenters. The summed E-state index contributed by atoms with van der Waals surface area (Å²) in [7, 11) is -3.79. The number of hydrogen-bond donors (Lipinski definition) is 0. The van der Waals surface area contributed by atoms with Crippen molar-refractivity contribution in [1.82, 2.24) is 24.1 Å². The van der Waals surface area contributed by atoms with Gasteiger partial charge < -0.3 is 0 Å². The van der Waals surface area contributed by atoms with Crippen LogP contribution >= 0.6 is 0 Å². The first kappa shape index (κ1) is 20.5.